The molecule has 0 saturated heterocycles. The van der Waals surface area contributed by atoms with E-state index in [-0.39, 0.29) is 12.6 Å². The van der Waals surface area contributed by atoms with Crippen LogP contribution in [0.3, 0.4) is 0 Å². The Kier molecular flexibility index (Phi) is 8.14. The lowest BCUT2D eigenvalue weighted by Gasteiger charge is -2.23. The number of aliphatic hydroxyl groups is 1. The van der Waals surface area contributed by atoms with Crippen LogP contribution in [-0.4, -0.2) is 51.0 Å². The van der Waals surface area contributed by atoms with Gasteiger partial charge in [-0.1, -0.05) is 19.1 Å². The van der Waals surface area contributed by atoms with Gasteiger partial charge in [0, 0.05) is 25.3 Å². The number of alkyl carbamates (subject to hydrolysis) is 1. The van der Waals surface area contributed by atoms with E-state index in [1.807, 2.05) is 20.8 Å². The molecule has 0 saturated carbocycles. The minimum absolute atomic E-state index is 0.0337. The van der Waals surface area contributed by atoms with Gasteiger partial charge in [0.05, 0.1) is 18.8 Å². The first kappa shape index (κ1) is 20.4. The minimum Gasteiger partial charge on any atom is -0.444 e. The Morgan fingerprint density at radius 2 is 2.12 bits per heavy atom. The van der Waals surface area contributed by atoms with Crippen LogP contribution in [-0.2, 0) is 17.8 Å². The number of nitrogens with zero attached hydrogens (tertiary/aromatic N) is 3. The van der Waals surface area contributed by atoms with Gasteiger partial charge in [0.15, 0.2) is 0 Å². The smallest absolute Gasteiger partial charge is 0.407 e. The Balaban J connectivity index is 2.47. The van der Waals surface area contributed by atoms with E-state index in [0.29, 0.717) is 25.6 Å². The van der Waals surface area contributed by atoms with Crippen molar-refractivity contribution in [3.05, 3.63) is 11.9 Å². The number of rotatable bonds is 9. The zero-order chi connectivity index (χ0) is 18.2. The predicted molar refractivity (Wildman–Crippen MR) is 91.4 cm³/mol. The van der Waals surface area contributed by atoms with Crippen molar-refractivity contribution in [2.75, 3.05) is 13.2 Å². The molecule has 1 aromatic heterocycles. The van der Waals surface area contributed by atoms with Crippen molar-refractivity contribution in [3.63, 3.8) is 0 Å². The van der Waals surface area contributed by atoms with Crippen molar-refractivity contribution < 1.29 is 14.6 Å². The van der Waals surface area contributed by atoms with E-state index in [9.17, 15) is 4.79 Å². The Labute approximate surface area is 144 Å². The quantitative estimate of drug-likeness (QED) is 0.626. The molecule has 3 N–H and O–H groups in total. The van der Waals surface area contributed by atoms with Gasteiger partial charge >= 0.3 is 6.09 Å². The number of amides is 1. The molecule has 0 bridgehead atoms. The maximum Gasteiger partial charge on any atom is 0.407 e. The van der Waals surface area contributed by atoms with Gasteiger partial charge in [0.1, 0.15) is 5.60 Å². The molecule has 1 aromatic rings. The molecule has 0 spiro atoms. The number of hydrogen-bond donors (Lipinski definition) is 3. The summed E-state index contributed by atoms with van der Waals surface area (Å²) in [5.41, 5.74) is 0.297. The molecule has 24 heavy (non-hydrogen) atoms. The van der Waals surface area contributed by atoms with E-state index in [0.717, 1.165) is 12.1 Å². The second-order valence-electron chi connectivity index (χ2n) is 7.29. The van der Waals surface area contributed by atoms with Crippen molar-refractivity contribution in [1.29, 1.82) is 0 Å². The standard InChI is InChI=1S/C16H31N5O3/c1-12(2)8-13(9-18-15(23)24-16(3,4)5)17-10-14-11-21(6-7-22)20-19-14/h11-13,17,22H,6-10H2,1-5H3,(H,18,23). The molecule has 0 fully saturated rings. The lowest BCUT2D eigenvalue weighted by molar-refractivity contribution is 0.0520. The number of aliphatic hydroxyl groups excluding tert-OH is 1. The summed E-state index contributed by atoms with van der Waals surface area (Å²) in [6.07, 6.45) is 2.31. The van der Waals surface area contributed by atoms with E-state index in [1.165, 1.54) is 0 Å². The van der Waals surface area contributed by atoms with Crippen LogP contribution in [0.4, 0.5) is 4.79 Å². The molecule has 8 heteroatoms. The fourth-order valence-corrected chi connectivity index (χ4v) is 2.21. The summed E-state index contributed by atoms with van der Waals surface area (Å²) >= 11 is 0. The number of aromatic nitrogens is 3. The van der Waals surface area contributed by atoms with E-state index >= 15 is 0 Å². The summed E-state index contributed by atoms with van der Waals surface area (Å²) in [6.45, 7) is 11.3. The van der Waals surface area contributed by atoms with Gasteiger partial charge in [0.2, 0.25) is 0 Å². The van der Waals surface area contributed by atoms with Gasteiger partial charge in [-0.2, -0.15) is 0 Å². The maximum absolute atomic E-state index is 11.8. The summed E-state index contributed by atoms with van der Waals surface area (Å²) in [5.74, 6) is 0.494. The highest BCUT2D eigenvalue weighted by atomic mass is 16.6. The zero-order valence-corrected chi connectivity index (χ0v) is 15.4. The molecule has 0 aromatic carbocycles. The van der Waals surface area contributed by atoms with Crippen LogP contribution in [0.15, 0.2) is 6.20 Å². The summed E-state index contributed by atoms with van der Waals surface area (Å²) in [5, 5.41) is 23.1. The minimum atomic E-state index is -0.504. The van der Waals surface area contributed by atoms with Gasteiger partial charge in [-0.25, -0.2) is 9.48 Å². The Morgan fingerprint density at radius 1 is 1.42 bits per heavy atom. The average molecular weight is 341 g/mol. The lowest BCUT2D eigenvalue weighted by atomic mass is 10.0. The molecule has 1 unspecified atom stereocenters. The summed E-state index contributed by atoms with van der Waals surface area (Å²) in [7, 11) is 0. The fourth-order valence-electron chi connectivity index (χ4n) is 2.21. The third kappa shape index (κ3) is 8.83. The van der Waals surface area contributed by atoms with E-state index < -0.39 is 11.7 Å². The molecule has 138 valence electrons. The first-order valence-electron chi connectivity index (χ1n) is 8.39. The van der Waals surface area contributed by atoms with Crippen LogP contribution in [0, 0.1) is 5.92 Å². The number of carbonyl (C=O) groups is 1. The van der Waals surface area contributed by atoms with Crippen molar-refractivity contribution in [3.8, 4) is 0 Å². The highest BCUT2D eigenvalue weighted by Gasteiger charge is 2.18. The Morgan fingerprint density at radius 3 is 2.71 bits per heavy atom. The largest absolute Gasteiger partial charge is 0.444 e. The molecule has 0 aliphatic rings. The lowest BCUT2D eigenvalue weighted by Crippen LogP contribution is -2.43. The molecular formula is C16H31N5O3. The predicted octanol–water partition coefficient (Wildman–Crippen LogP) is 1.30. The van der Waals surface area contributed by atoms with Gasteiger partial charge in [-0.3, -0.25) is 0 Å². The number of ether oxygens (including phenoxy) is 1. The highest BCUT2D eigenvalue weighted by Crippen LogP contribution is 2.08. The first-order valence-corrected chi connectivity index (χ1v) is 8.39. The highest BCUT2D eigenvalue weighted by molar-refractivity contribution is 5.67. The summed E-state index contributed by atoms with van der Waals surface area (Å²) < 4.78 is 6.86. The van der Waals surface area contributed by atoms with Crippen molar-refractivity contribution in [1.82, 2.24) is 25.6 Å². The van der Waals surface area contributed by atoms with Crippen LogP contribution in [0.2, 0.25) is 0 Å². The molecule has 1 heterocycles. The van der Waals surface area contributed by atoms with Gasteiger partial charge in [-0.15, -0.1) is 5.10 Å². The molecule has 0 radical (unpaired) electrons. The van der Waals surface area contributed by atoms with Crippen molar-refractivity contribution >= 4 is 6.09 Å². The van der Waals surface area contributed by atoms with Gasteiger partial charge < -0.3 is 20.5 Å². The van der Waals surface area contributed by atoms with E-state index in [1.54, 1.807) is 10.9 Å². The summed E-state index contributed by atoms with van der Waals surface area (Å²) in [6, 6.07) is 0.112. The topological polar surface area (TPSA) is 101 Å². The average Bonchev–Trinajstić information content (AvgIpc) is 2.87. The molecule has 0 aliphatic heterocycles. The fraction of sp³-hybridized carbons (Fsp3) is 0.812. The maximum atomic E-state index is 11.8. The molecule has 1 atom stereocenters. The molecule has 0 aliphatic carbocycles. The summed E-state index contributed by atoms with van der Waals surface area (Å²) in [4.78, 5) is 11.8. The van der Waals surface area contributed by atoms with Gasteiger partial charge in [0.25, 0.3) is 0 Å². The Bertz CT molecular complexity index is 496. The third-order valence-electron chi connectivity index (χ3n) is 3.13. The first-order chi connectivity index (χ1) is 11.2. The normalized spacial score (nSPS) is 13.1. The molecule has 1 amide bonds. The van der Waals surface area contributed by atoms with Crippen LogP contribution in [0.5, 0.6) is 0 Å². The van der Waals surface area contributed by atoms with Crippen molar-refractivity contribution in [2.24, 2.45) is 5.92 Å². The number of carbonyl (C=O) groups excluding carboxylic acids is 1. The monoisotopic (exact) mass is 341 g/mol. The molecular weight excluding hydrogens is 310 g/mol. The van der Waals surface area contributed by atoms with Crippen molar-refractivity contribution in [2.45, 2.75) is 65.8 Å². The second kappa shape index (κ2) is 9.58. The van der Waals surface area contributed by atoms with E-state index in [4.69, 9.17) is 9.84 Å². The van der Waals surface area contributed by atoms with Crippen LogP contribution in [0.1, 0.15) is 46.7 Å². The second-order valence-corrected chi connectivity index (χ2v) is 7.29. The van der Waals surface area contributed by atoms with Crippen LogP contribution >= 0.6 is 0 Å². The third-order valence-corrected chi connectivity index (χ3v) is 3.13. The molecule has 8 nitrogen and oxygen atoms in total. The molecule has 1 rings (SSSR count). The van der Waals surface area contributed by atoms with Crippen LogP contribution in [0.25, 0.3) is 0 Å². The number of nitrogens with one attached hydrogen (secondary N) is 2. The Hall–Kier alpha value is -1.67. The van der Waals surface area contributed by atoms with Crippen LogP contribution < -0.4 is 10.6 Å². The number of hydrogen-bond acceptors (Lipinski definition) is 6. The van der Waals surface area contributed by atoms with Gasteiger partial charge in [-0.05, 0) is 33.1 Å². The zero-order valence-electron chi connectivity index (χ0n) is 15.4. The SMILES string of the molecule is CC(C)CC(CNC(=O)OC(C)(C)C)NCc1cn(CCO)nn1. The van der Waals surface area contributed by atoms with E-state index in [2.05, 4.69) is 34.8 Å².